The van der Waals surface area contributed by atoms with Crippen molar-refractivity contribution >= 4 is 5.69 Å². The van der Waals surface area contributed by atoms with Crippen molar-refractivity contribution in [2.24, 2.45) is 0 Å². The van der Waals surface area contributed by atoms with Crippen LogP contribution in [0.1, 0.15) is 0 Å². The number of para-hydroxylation sites is 2. The molecular formula is C9H11NO2. The van der Waals surface area contributed by atoms with Gasteiger partial charge in [-0.05, 0) is 12.1 Å². The molecule has 2 N–H and O–H groups in total. The van der Waals surface area contributed by atoms with Crippen LogP contribution in [0.15, 0.2) is 24.3 Å². The number of benzene rings is 1. The van der Waals surface area contributed by atoms with Gasteiger partial charge in [0.05, 0.1) is 18.9 Å². The van der Waals surface area contributed by atoms with Crippen LogP contribution in [0, 0.1) is 0 Å². The molecule has 12 heavy (non-hydrogen) atoms. The van der Waals surface area contributed by atoms with Crippen molar-refractivity contribution in [2.45, 2.75) is 6.10 Å². The number of hydrogen-bond donors (Lipinski definition) is 1. The highest BCUT2D eigenvalue weighted by molar-refractivity contribution is 5.51. The highest BCUT2D eigenvalue weighted by Gasteiger charge is 2.20. The number of anilines is 1. The van der Waals surface area contributed by atoms with Crippen molar-refractivity contribution < 1.29 is 9.47 Å². The smallest absolute Gasteiger partial charge is 0.145 e. The van der Waals surface area contributed by atoms with Gasteiger partial charge in [-0.25, -0.2) is 0 Å². The van der Waals surface area contributed by atoms with Crippen molar-refractivity contribution in [1.82, 2.24) is 0 Å². The molecule has 0 bridgehead atoms. The second kappa shape index (κ2) is 3.03. The highest BCUT2D eigenvalue weighted by atomic mass is 16.6. The molecule has 1 saturated heterocycles. The Labute approximate surface area is 71.1 Å². The van der Waals surface area contributed by atoms with E-state index in [-0.39, 0.29) is 6.10 Å². The van der Waals surface area contributed by atoms with Crippen LogP contribution in [0.5, 0.6) is 5.75 Å². The van der Waals surface area contributed by atoms with E-state index < -0.39 is 0 Å². The van der Waals surface area contributed by atoms with Crippen LogP contribution in [-0.4, -0.2) is 19.3 Å². The first-order valence-electron chi connectivity index (χ1n) is 3.95. The first kappa shape index (κ1) is 7.43. The molecular weight excluding hydrogens is 154 g/mol. The fourth-order valence-electron chi connectivity index (χ4n) is 1.05. The van der Waals surface area contributed by atoms with Gasteiger partial charge in [0.2, 0.25) is 0 Å². The number of ether oxygens (including phenoxy) is 2. The Kier molecular flexibility index (Phi) is 1.87. The van der Waals surface area contributed by atoms with E-state index in [4.69, 9.17) is 15.2 Å². The third-order valence-corrected chi connectivity index (χ3v) is 1.82. The molecule has 64 valence electrons. The maximum Gasteiger partial charge on any atom is 0.145 e. The number of rotatable bonds is 2. The summed E-state index contributed by atoms with van der Waals surface area (Å²) in [6.45, 7) is 1.35. The lowest BCUT2D eigenvalue weighted by Crippen LogP contribution is -2.38. The Bertz CT molecular complexity index is 271. The van der Waals surface area contributed by atoms with Crippen molar-refractivity contribution in [1.29, 1.82) is 0 Å². The predicted molar refractivity (Wildman–Crippen MR) is 46.1 cm³/mol. The summed E-state index contributed by atoms with van der Waals surface area (Å²) in [5.41, 5.74) is 6.37. The van der Waals surface area contributed by atoms with Gasteiger partial charge in [-0.3, -0.25) is 0 Å². The molecule has 0 aromatic heterocycles. The van der Waals surface area contributed by atoms with Gasteiger partial charge >= 0.3 is 0 Å². The van der Waals surface area contributed by atoms with Crippen molar-refractivity contribution in [2.75, 3.05) is 18.9 Å². The topological polar surface area (TPSA) is 44.5 Å². The molecule has 1 aliphatic heterocycles. The summed E-state index contributed by atoms with van der Waals surface area (Å²) in [6, 6.07) is 7.49. The lowest BCUT2D eigenvalue weighted by Gasteiger charge is -2.27. The van der Waals surface area contributed by atoms with E-state index in [0.717, 1.165) is 5.75 Å². The number of nitrogens with two attached hydrogens (primary N) is 1. The molecule has 1 fully saturated rings. The van der Waals surface area contributed by atoms with Crippen LogP contribution in [0.2, 0.25) is 0 Å². The lowest BCUT2D eigenvalue weighted by atomic mass is 10.3. The first-order valence-corrected chi connectivity index (χ1v) is 3.95. The molecule has 0 saturated carbocycles. The highest BCUT2D eigenvalue weighted by Crippen LogP contribution is 2.22. The van der Waals surface area contributed by atoms with E-state index in [2.05, 4.69) is 0 Å². The molecule has 1 aromatic carbocycles. The van der Waals surface area contributed by atoms with Crippen LogP contribution in [0.3, 0.4) is 0 Å². The molecule has 0 radical (unpaired) electrons. The Balaban J connectivity index is 2.06. The summed E-state index contributed by atoms with van der Waals surface area (Å²) in [5, 5.41) is 0. The van der Waals surface area contributed by atoms with E-state index in [1.807, 2.05) is 24.3 Å². The van der Waals surface area contributed by atoms with Gasteiger partial charge in [0.25, 0.3) is 0 Å². The SMILES string of the molecule is Nc1ccccc1OC1COC1. The van der Waals surface area contributed by atoms with Crippen LogP contribution >= 0.6 is 0 Å². The van der Waals surface area contributed by atoms with E-state index in [0.29, 0.717) is 18.9 Å². The Hall–Kier alpha value is -1.22. The van der Waals surface area contributed by atoms with Crippen LogP contribution in [-0.2, 0) is 4.74 Å². The Morgan fingerprint density at radius 2 is 2.08 bits per heavy atom. The third-order valence-electron chi connectivity index (χ3n) is 1.82. The summed E-state index contributed by atoms with van der Waals surface area (Å²) in [7, 11) is 0. The van der Waals surface area contributed by atoms with E-state index in [1.165, 1.54) is 0 Å². The zero-order chi connectivity index (χ0) is 8.39. The van der Waals surface area contributed by atoms with Gasteiger partial charge in [0, 0.05) is 0 Å². The molecule has 0 amide bonds. The average molecular weight is 165 g/mol. The van der Waals surface area contributed by atoms with Crippen LogP contribution < -0.4 is 10.5 Å². The molecule has 0 spiro atoms. The minimum atomic E-state index is 0.190. The molecule has 0 atom stereocenters. The second-order valence-corrected chi connectivity index (χ2v) is 2.82. The summed E-state index contributed by atoms with van der Waals surface area (Å²) in [6.07, 6.45) is 0.190. The minimum absolute atomic E-state index is 0.190. The van der Waals surface area contributed by atoms with Crippen molar-refractivity contribution in [3.05, 3.63) is 24.3 Å². The standard InChI is InChI=1S/C9H11NO2/c10-8-3-1-2-4-9(8)12-7-5-11-6-7/h1-4,7H,5-6,10H2. The monoisotopic (exact) mass is 165 g/mol. The summed E-state index contributed by atoms with van der Waals surface area (Å²) in [4.78, 5) is 0. The van der Waals surface area contributed by atoms with Crippen molar-refractivity contribution in [3.63, 3.8) is 0 Å². The molecule has 1 aromatic rings. The second-order valence-electron chi connectivity index (χ2n) is 2.82. The fraction of sp³-hybridized carbons (Fsp3) is 0.333. The van der Waals surface area contributed by atoms with Gasteiger partial charge in [-0.2, -0.15) is 0 Å². The normalized spacial score (nSPS) is 17.0. The molecule has 0 unspecified atom stereocenters. The lowest BCUT2D eigenvalue weighted by molar-refractivity contribution is -0.0793. The Morgan fingerprint density at radius 3 is 2.67 bits per heavy atom. The third kappa shape index (κ3) is 1.36. The zero-order valence-electron chi connectivity index (χ0n) is 6.69. The van der Waals surface area contributed by atoms with Gasteiger partial charge in [0.1, 0.15) is 11.9 Å². The molecule has 2 rings (SSSR count). The van der Waals surface area contributed by atoms with E-state index in [9.17, 15) is 0 Å². The molecule has 1 aliphatic rings. The van der Waals surface area contributed by atoms with Gasteiger partial charge in [0.15, 0.2) is 0 Å². The number of nitrogen functional groups attached to an aromatic ring is 1. The van der Waals surface area contributed by atoms with Gasteiger partial charge in [-0.1, -0.05) is 12.1 Å². The van der Waals surface area contributed by atoms with Gasteiger partial charge < -0.3 is 15.2 Å². The molecule has 0 aliphatic carbocycles. The fourth-order valence-corrected chi connectivity index (χ4v) is 1.05. The van der Waals surface area contributed by atoms with E-state index >= 15 is 0 Å². The molecule has 3 nitrogen and oxygen atoms in total. The minimum Gasteiger partial charge on any atom is -0.483 e. The molecule has 3 heteroatoms. The predicted octanol–water partition coefficient (Wildman–Crippen LogP) is 1.05. The molecule has 1 heterocycles. The number of hydrogen-bond acceptors (Lipinski definition) is 3. The summed E-state index contributed by atoms with van der Waals surface area (Å²) >= 11 is 0. The van der Waals surface area contributed by atoms with E-state index in [1.54, 1.807) is 0 Å². The maximum atomic E-state index is 5.68. The summed E-state index contributed by atoms with van der Waals surface area (Å²) in [5.74, 6) is 0.755. The quantitative estimate of drug-likeness (QED) is 0.666. The van der Waals surface area contributed by atoms with Crippen molar-refractivity contribution in [3.8, 4) is 5.75 Å². The zero-order valence-corrected chi connectivity index (χ0v) is 6.69. The van der Waals surface area contributed by atoms with Crippen LogP contribution in [0.25, 0.3) is 0 Å². The largest absolute Gasteiger partial charge is 0.483 e. The maximum absolute atomic E-state index is 5.68. The first-order chi connectivity index (χ1) is 5.86. The van der Waals surface area contributed by atoms with Crippen LogP contribution in [0.4, 0.5) is 5.69 Å². The average Bonchev–Trinajstić information content (AvgIpc) is 2.00. The summed E-state index contributed by atoms with van der Waals surface area (Å²) < 4.78 is 10.5. The van der Waals surface area contributed by atoms with Gasteiger partial charge in [-0.15, -0.1) is 0 Å². The Morgan fingerprint density at radius 1 is 1.33 bits per heavy atom.